The molecule has 0 aromatic rings. The summed E-state index contributed by atoms with van der Waals surface area (Å²) in [6, 6.07) is -0.429. The third kappa shape index (κ3) is 3.66. The molecule has 2 N–H and O–H groups in total. The molecule has 1 heterocycles. The van der Waals surface area contributed by atoms with Crippen LogP contribution >= 0.6 is 0 Å². The second kappa shape index (κ2) is 7.18. The van der Waals surface area contributed by atoms with Crippen LogP contribution in [0.1, 0.15) is 46.0 Å². The zero-order valence-corrected chi connectivity index (χ0v) is 12.3. The molecular formula is C15H24N2O3. The molecule has 1 aliphatic heterocycles. The first kappa shape index (κ1) is 16.4. The van der Waals surface area contributed by atoms with Crippen LogP contribution in [0.15, 0.2) is 0 Å². The van der Waals surface area contributed by atoms with E-state index in [-0.39, 0.29) is 12.1 Å². The van der Waals surface area contributed by atoms with Crippen LogP contribution in [0, 0.1) is 17.8 Å². The number of hydrogen-bond donors (Lipinski definition) is 2. The monoisotopic (exact) mass is 280 g/mol. The number of carbonyl (C=O) groups excluding carboxylic acids is 1. The van der Waals surface area contributed by atoms with Crippen LogP contribution in [-0.4, -0.2) is 41.1 Å². The molecule has 0 aromatic carbocycles. The summed E-state index contributed by atoms with van der Waals surface area (Å²) in [7, 11) is 0. The van der Waals surface area contributed by atoms with Crippen molar-refractivity contribution in [1.29, 1.82) is 0 Å². The molecule has 0 saturated carbocycles. The molecule has 1 fully saturated rings. The van der Waals surface area contributed by atoms with Gasteiger partial charge in [0.2, 0.25) is 0 Å². The van der Waals surface area contributed by atoms with Gasteiger partial charge in [0, 0.05) is 13.1 Å². The van der Waals surface area contributed by atoms with E-state index in [0.29, 0.717) is 32.4 Å². The van der Waals surface area contributed by atoms with E-state index in [2.05, 4.69) is 11.2 Å². The van der Waals surface area contributed by atoms with Gasteiger partial charge in [0.1, 0.15) is 0 Å². The Morgan fingerprint density at radius 3 is 2.40 bits per heavy atom. The Balaban J connectivity index is 2.55. The van der Waals surface area contributed by atoms with Gasteiger partial charge in [-0.3, -0.25) is 4.79 Å². The summed E-state index contributed by atoms with van der Waals surface area (Å²) in [5, 5.41) is 12.1. The lowest BCUT2D eigenvalue weighted by Crippen LogP contribution is -2.51. The standard InChI is InChI=1S/C15H24N2O3/c1-4-7-12(5-2)16-14(20)17-10-8-15(6-3,9-11-17)13(18)19/h2,12H,4,6-11H2,1,3H3,(H,16,20)(H,18,19). The number of amides is 2. The molecule has 1 unspecified atom stereocenters. The van der Waals surface area contributed by atoms with E-state index >= 15 is 0 Å². The summed E-state index contributed by atoms with van der Waals surface area (Å²) in [5.74, 6) is 1.81. The second-order valence-electron chi connectivity index (χ2n) is 5.38. The maximum absolute atomic E-state index is 12.1. The topological polar surface area (TPSA) is 69.6 Å². The van der Waals surface area contributed by atoms with Crippen molar-refractivity contribution in [2.75, 3.05) is 13.1 Å². The Hall–Kier alpha value is -1.70. The quantitative estimate of drug-likeness (QED) is 0.757. The van der Waals surface area contributed by atoms with Crippen molar-refractivity contribution in [2.24, 2.45) is 5.41 Å². The first-order valence-corrected chi connectivity index (χ1v) is 7.24. The normalized spacial score (nSPS) is 18.9. The molecule has 1 saturated heterocycles. The zero-order valence-electron chi connectivity index (χ0n) is 12.3. The smallest absolute Gasteiger partial charge is 0.318 e. The van der Waals surface area contributed by atoms with Gasteiger partial charge >= 0.3 is 12.0 Å². The molecule has 0 aliphatic carbocycles. The molecule has 0 aromatic heterocycles. The van der Waals surface area contributed by atoms with E-state index in [1.807, 2.05) is 13.8 Å². The fourth-order valence-corrected chi connectivity index (χ4v) is 2.58. The largest absolute Gasteiger partial charge is 0.481 e. The van der Waals surface area contributed by atoms with Gasteiger partial charge in [-0.05, 0) is 25.7 Å². The highest BCUT2D eigenvalue weighted by Gasteiger charge is 2.40. The van der Waals surface area contributed by atoms with Crippen molar-refractivity contribution < 1.29 is 14.7 Å². The molecule has 1 rings (SSSR count). The number of rotatable bonds is 5. The fraction of sp³-hybridized carbons (Fsp3) is 0.733. The highest BCUT2D eigenvalue weighted by atomic mass is 16.4. The highest BCUT2D eigenvalue weighted by Crippen LogP contribution is 2.35. The number of carbonyl (C=O) groups is 2. The van der Waals surface area contributed by atoms with E-state index in [1.54, 1.807) is 4.90 Å². The van der Waals surface area contributed by atoms with Crippen LogP contribution in [0.25, 0.3) is 0 Å². The molecule has 0 spiro atoms. The fourth-order valence-electron chi connectivity index (χ4n) is 2.58. The number of nitrogens with zero attached hydrogens (tertiary/aromatic N) is 1. The number of carboxylic acids is 1. The van der Waals surface area contributed by atoms with Crippen LogP contribution in [0.2, 0.25) is 0 Å². The number of urea groups is 1. The maximum Gasteiger partial charge on any atom is 0.318 e. The third-order valence-corrected chi connectivity index (χ3v) is 4.21. The predicted molar refractivity (Wildman–Crippen MR) is 77.2 cm³/mol. The summed E-state index contributed by atoms with van der Waals surface area (Å²) in [6.45, 7) is 4.84. The van der Waals surface area contributed by atoms with Gasteiger partial charge in [0.15, 0.2) is 0 Å². The number of terminal acetylenes is 1. The number of carboxylic acid groups (broad SMARTS) is 1. The van der Waals surface area contributed by atoms with E-state index in [1.165, 1.54) is 0 Å². The molecule has 20 heavy (non-hydrogen) atoms. The van der Waals surface area contributed by atoms with Crippen molar-refractivity contribution in [2.45, 2.75) is 52.0 Å². The van der Waals surface area contributed by atoms with Crippen molar-refractivity contribution in [3.8, 4) is 12.3 Å². The second-order valence-corrected chi connectivity index (χ2v) is 5.38. The molecule has 0 bridgehead atoms. The molecule has 112 valence electrons. The summed E-state index contributed by atoms with van der Waals surface area (Å²) in [5.41, 5.74) is -0.675. The van der Waals surface area contributed by atoms with Crippen LogP contribution in [0.5, 0.6) is 0 Å². The van der Waals surface area contributed by atoms with Crippen molar-refractivity contribution >= 4 is 12.0 Å². The Kier molecular flexibility index (Phi) is 5.87. The van der Waals surface area contributed by atoms with Gasteiger partial charge in [-0.15, -0.1) is 6.42 Å². The zero-order chi connectivity index (χ0) is 15.2. The van der Waals surface area contributed by atoms with Gasteiger partial charge in [-0.2, -0.15) is 0 Å². The molecule has 1 atom stereocenters. The maximum atomic E-state index is 12.1. The molecule has 5 heteroatoms. The summed E-state index contributed by atoms with van der Waals surface area (Å²) in [6.07, 6.45) is 8.64. The van der Waals surface area contributed by atoms with Gasteiger partial charge in [0.25, 0.3) is 0 Å². The van der Waals surface area contributed by atoms with E-state index in [4.69, 9.17) is 6.42 Å². The molecule has 0 radical (unpaired) electrons. The highest BCUT2D eigenvalue weighted by molar-refractivity contribution is 5.77. The van der Waals surface area contributed by atoms with Crippen LogP contribution in [0.4, 0.5) is 4.79 Å². The summed E-state index contributed by atoms with van der Waals surface area (Å²) in [4.78, 5) is 25.1. The lowest BCUT2D eigenvalue weighted by atomic mass is 9.76. The van der Waals surface area contributed by atoms with Crippen molar-refractivity contribution in [3.63, 3.8) is 0 Å². The molecule has 2 amide bonds. The Labute approximate surface area is 120 Å². The molecule has 1 aliphatic rings. The Morgan fingerprint density at radius 1 is 1.40 bits per heavy atom. The van der Waals surface area contributed by atoms with E-state index in [9.17, 15) is 14.7 Å². The number of likely N-dealkylation sites (tertiary alicyclic amines) is 1. The Bertz CT molecular complexity index is 392. The van der Waals surface area contributed by atoms with Crippen LogP contribution in [-0.2, 0) is 4.79 Å². The first-order valence-electron chi connectivity index (χ1n) is 7.24. The Morgan fingerprint density at radius 2 is 2.00 bits per heavy atom. The van der Waals surface area contributed by atoms with E-state index < -0.39 is 11.4 Å². The third-order valence-electron chi connectivity index (χ3n) is 4.21. The number of hydrogen-bond acceptors (Lipinski definition) is 2. The minimum absolute atomic E-state index is 0.184. The summed E-state index contributed by atoms with van der Waals surface area (Å²) < 4.78 is 0. The van der Waals surface area contributed by atoms with E-state index in [0.717, 1.165) is 12.8 Å². The van der Waals surface area contributed by atoms with Gasteiger partial charge in [-0.25, -0.2) is 4.79 Å². The minimum atomic E-state index is -0.757. The average molecular weight is 280 g/mol. The average Bonchev–Trinajstić information content (AvgIpc) is 2.46. The molecule has 5 nitrogen and oxygen atoms in total. The number of nitrogens with one attached hydrogen (secondary N) is 1. The lowest BCUT2D eigenvalue weighted by molar-refractivity contribution is -0.151. The van der Waals surface area contributed by atoms with Gasteiger partial charge in [-0.1, -0.05) is 26.2 Å². The van der Waals surface area contributed by atoms with Crippen LogP contribution < -0.4 is 5.32 Å². The van der Waals surface area contributed by atoms with Gasteiger partial charge < -0.3 is 15.3 Å². The van der Waals surface area contributed by atoms with Crippen molar-refractivity contribution in [3.05, 3.63) is 0 Å². The number of piperidine rings is 1. The predicted octanol–water partition coefficient (Wildman–Crippen LogP) is 2.07. The first-order chi connectivity index (χ1) is 9.49. The van der Waals surface area contributed by atoms with Gasteiger partial charge in [0.05, 0.1) is 11.5 Å². The lowest BCUT2D eigenvalue weighted by Gasteiger charge is -2.38. The van der Waals surface area contributed by atoms with Crippen LogP contribution in [0.3, 0.4) is 0 Å². The molecular weight excluding hydrogens is 256 g/mol. The number of aliphatic carboxylic acids is 1. The van der Waals surface area contributed by atoms with Crippen molar-refractivity contribution in [1.82, 2.24) is 10.2 Å². The SMILES string of the molecule is C#CC(CCC)NC(=O)N1CCC(CC)(C(=O)O)CC1. The minimum Gasteiger partial charge on any atom is -0.481 e. The summed E-state index contributed by atoms with van der Waals surface area (Å²) >= 11 is 0.